The van der Waals surface area contributed by atoms with Crippen molar-refractivity contribution in [1.82, 2.24) is 0 Å². The van der Waals surface area contributed by atoms with E-state index < -0.39 is 5.41 Å². The fourth-order valence-corrected chi connectivity index (χ4v) is 17.7. The Bertz CT molecular complexity index is 6060. The lowest BCUT2D eigenvalue weighted by Crippen LogP contribution is -2.26. The van der Waals surface area contributed by atoms with Crippen LogP contribution in [0.1, 0.15) is 101 Å². The van der Waals surface area contributed by atoms with Gasteiger partial charge in [-0.15, -0.1) is 0 Å². The fraction of sp³-hybridized carbons (Fsp3) is 0.119. The molecule has 0 amide bonds. The highest BCUT2D eigenvalue weighted by molar-refractivity contribution is 6.31. The van der Waals surface area contributed by atoms with Gasteiger partial charge in [0.1, 0.15) is 11.5 Å². The second-order valence-electron chi connectivity index (χ2n) is 33.4. The van der Waals surface area contributed by atoms with Gasteiger partial charge in [-0.1, -0.05) is 353 Å². The second kappa shape index (κ2) is 29.3. The molecule has 16 aromatic carbocycles. The molecule has 0 N–H and O–H groups in total. The third-order valence-electron chi connectivity index (χ3n) is 22.9. The molecule has 0 fully saturated rings. The Morgan fingerprint density at radius 1 is 0.228 bits per heavy atom. The standard InChI is InChI=1S/C109H90ClN3O/c1-106(2,3)78-63-79(107(4,5)6)65-86(64-78)111(82-45-24-14-25-46-82)85-61-77(91-54-35-57-97-96-53-30-33-60-102(96)109(103(91)97)100-58-31-28-51-94(100)95-52-29-32-59-101(95)109)62-90(72-85)114-89-50-34-49-84(71-89)113(105-98(75-41-20-12-21-42-75)66-80(108(7,8)9)67-99(105)76-43-22-13-23-44-76)88-69-81(110)68-87(70-88)112(83-47-26-15-27-48-83)104-92(73-37-16-10-17-38-73)55-36-56-93(104)74-39-18-11-19-40-74/h10-72H,1-9H3. The zero-order valence-corrected chi connectivity index (χ0v) is 66.8. The Balaban J connectivity index is 0.898. The summed E-state index contributed by atoms with van der Waals surface area (Å²) >= 11 is 7.96. The average molecular weight is 1490 g/mol. The van der Waals surface area contributed by atoms with Crippen LogP contribution in [0.15, 0.2) is 382 Å². The Kier molecular flexibility index (Phi) is 18.6. The van der Waals surface area contributed by atoms with E-state index in [4.69, 9.17) is 16.3 Å². The highest BCUT2D eigenvalue weighted by Crippen LogP contribution is 2.65. The number of rotatable bonds is 16. The van der Waals surface area contributed by atoms with Gasteiger partial charge in [-0.05, 0) is 202 Å². The van der Waals surface area contributed by atoms with Gasteiger partial charge in [-0.2, -0.15) is 0 Å². The van der Waals surface area contributed by atoms with E-state index in [1.165, 1.54) is 61.2 Å². The number of nitrogens with zero attached hydrogens (tertiary/aromatic N) is 3. The van der Waals surface area contributed by atoms with Crippen molar-refractivity contribution in [1.29, 1.82) is 0 Å². The van der Waals surface area contributed by atoms with Crippen LogP contribution >= 0.6 is 11.6 Å². The minimum Gasteiger partial charge on any atom is -0.457 e. The van der Waals surface area contributed by atoms with Crippen molar-refractivity contribution in [2.75, 3.05) is 14.7 Å². The van der Waals surface area contributed by atoms with Crippen LogP contribution in [-0.2, 0) is 21.7 Å². The van der Waals surface area contributed by atoms with Gasteiger partial charge in [0.2, 0.25) is 0 Å². The van der Waals surface area contributed by atoms with Gasteiger partial charge in [0.15, 0.2) is 0 Å². The SMILES string of the molecule is CC(C)(C)c1cc(N(c2ccccc2)c2cc(Oc3cccc(N(c4cc(Cl)cc(N(c5ccccc5)c5c(-c6ccccc6)cccc5-c5ccccc5)c4)c4c(-c5ccccc5)cc(C(C)(C)C)cc4-c4ccccc4)c3)cc(-c3cccc4c3C3(c5ccccc5-c5ccccc53)c3ccccc3-4)c2)cc(C(C)(C)C)c1. The molecule has 1 spiro atoms. The molecule has 5 heteroatoms. The molecule has 0 aliphatic heterocycles. The number of hydrogen-bond acceptors (Lipinski definition) is 4. The van der Waals surface area contributed by atoms with Crippen LogP contribution < -0.4 is 19.4 Å². The van der Waals surface area contributed by atoms with Crippen LogP contribution in [-0.4, -0.2) is 0 Å². The molecule has 0 aromatic heterocycles. The molecule has 0 heterocycles. The Hall–Kier alpha value is -13.0. The molecule has 114 heavy (non-hydrogen) atoms. The van der Waals surface area contributed by atoms with E-state index in [0.717, 1.165) is 107 Å². The summed E-state index contributed by atoms with van der Waals surface area (Å²) in [5, 5.41) is 0.560. The van der Waals surface area contributed by atoms with E-state index in [1.54, 1.807) is 0 Å². The van der Waals surface area contributed by atoms with Gasteiger partial charge in [-0.3, -0.25) is 0 Å². The molecular weight excluding hydrogens is 1400 g/mol. The topological polar surface area (TPSA) is 19.0 Å². The minimum absolute atomic E-state index is 0.166. The predicted molar refractivity (Wildman–Crippen MR) is 482 cm³/mol. The van der Waals surface area contributed by atoms with Gasteiger partial charge in [-0.25, -0.2) is 0 Å². The van der Waals surface area contributed by atoms with Gasteiger partial charge in [0.05, 0.1) is 22.5 Å². The van der Waals surface area contributed by atoms with Crippen LogP contribution in [0.25, 0.3) is 77.9 Å². The highest BCUT2D eigenvalue weighted by Gasteiger charge is 2.53. The largest absolute Gasteiger partial charge is 0.457 e. The van der Waals surface area contributed by atoms with E-state index in [1.807, 2.05) is 0 Å². The van der Waals surface area contributed by atoms with Gasteiger partial charge in [0, 0.05) is 73.5 Å². The Labute approximate surface area is 677 Å². The molecule has 4 nitrogen and oxygen atoms in total. The molecule has 2 aliphatic carbocycles. The monoisotopic (exact) mass is 1490 g/mol. The third kappa shape index (κ3) is 13.2. The summed E-state index contributed by atoms with van der Waals surface area (Å²) in [6, 6.07) is 140. The van der Waals surface area contributed by atoms with Crippen molar-refractivity contribution >= 4 is 62.8 Å². The van der Waals surface area contributed by atoms with E-state index in [9.17, 15) is 0 Å². The summed E-state index contributed by atoms with van der Waals surface area (Å²) in [7, 11) is 0. The first kappa shape index (κ1) is 72.5. The van der Waals surface area contributed by atoms with Crippen molar-refractivity contribution in [3.8, 4) is 89.4 Å². The summed E-state index contributed by atoms with van der Waals surface area (Å²) in [5.74, 6) is 1.31. The summed E-state index contributed by atoms with van der Waals surface area (Å²) in [4.78, 5) is 7.27. The molecule has 0 bridgehead atoms. The Morgan fingerprint density at radius 2 is 0.561 bits per heavy atom. The van der Waals surface area contributed by atoms with Crippen molar-refractivity contribution in [2.24, 2.45) is 0 Å². The number of hydrogen-bond donors (Lipinski definition) is 0. The molecule has 2 aliphatic rings. The minimum atomic E-state index is -0.637. The van der Waals surface area contributed by atoms with Gasteiger partial charge >= 0.3 is 0 Å². The summed E-state index contributed by atoms with van der Waals surface area (Å²) in [5.41, 5.74) is 31.9. The maximum atomic E-state index is 7.96. The van der Waals surface area contributed by atoms with Crippen LogP contribution in [0.4, 0.5) is 51.2 Å². The molecular formula is C109H90ClN3O. The molecule has 0 saturated carbocycles. The lowest BCUT2D eigenvalue weighted by atomic mass is 9.68. The van der Waals surface area contributed by atoms with E-state index >= 15 is 0 Å². The number of para-hydroxylation sites is 3. The number of ether oxygens (including phenoxy) is 1. The number of benzene rings is 16. The van der Waals surface area contributed by atoms with Crippen LogP contribution in [0.3, 0.4) is 0 Å². The molecule has 0 saturated heterocycles. The maximum absolute atomic E-state index is 7.96. The number of fused-ring (bicyclic) bond motifs is 10. The lowest BCUT2D eigenvalue weighted by molar-refractivity contribution is 0.483. The quantitative estimate of drug-likeness (QED) is 0.0960. The van der Waals surface area contributed by atoms with E-state index in [0.29, 0.717) is 16.5 Å². The first-order valence-electron chi connectivity index (χ1n) is 39.7. The lowest BCUT2D eigenvalue weighted by Gasteiger charge is -2.34. The molecule has 0 atom stereocenters. The fourth-order valence-electron chi connectivity index (χ4n) is 17.5. The first-order chi connectivity index (χ1) is 55.3. The maximum Gasteiger partial charge on any atom is 0.130 e. The molecule has 554 valence electrons. The van der Waals surface area contributed by atoms with Crippen LogP contribution in [0, 0.1) is 0 Å². The molecule has 0 unspecified atom stereocenters. The second-order valence-corrected chi connectivity index (χ2v) is 33.8. The Morgan fingerprint density at radius 3 is 1.04 bits per heavy atom. The summed E-state index contributed by atoms with van der Waals surface area (Å²) < 4.78 is 7.85. The summed E-state index contributed by atoms with van der Waals surface area (Å²) in [6.45, 7) is 20.8. The zero-order chi connectivity index (χ0) is 78.0. The zero-order valence-electron chi connectivity index (χ0n) is 66.0. The van der Waals surface area contributed by atoms with Gasteiger partial charge in [0.25, 0.3) is 0 Å². The van der Waals surface area contributed by atoms with Gasteiger partial charge < -0.3 is 19.4 Å². The number of halogens is 1. The van der Waals surface area contributed by atoms with E-state index in [-0.39, 0.29) is 16.2 Å². The first-order valence-corrected chi connectivity index (χ1v) is 40.1. The predicted octanol–water partition coefficient (Wildman–Crippen LogP) is 31.1. The molecule has 16 aromatic rings. The summed E-state index contributed by atoms with van der Waals surface area (Å²) in [6.07, 6.45) is 0. The number of anilines is 9. The average Bonchev–Trinajstić information content (AvgIpc) is 1.50. The molecule has 18 rings (SSSR count). The molecule has 0 radical (unpaired) electrons. The van der Waals surface area contributed by atoms with Crippen molar-refractivity contribution < 1.29 is 4.74 Å². The van der Waals surface area contributed by atoms with Crippen molar-refractivity contribution in [3.05, 3.63) is 426 Å². The normalized spacial score (nSPS) is 12.5. The third-order valence-corrected chi connectivity index (χ3v) is 23.1. The van der Waals surface area contributed by atoms with Crippen molar-refractivity contribution in [2.45, 2.75) is 84.0 Å². The smallest absolute Gasteiger partial charge is 0.130 e. The van der Waals surface area contributed by atoms with E-state index in [2.05, 4.69) is 459 Å². The highest BCUT2D eigenvalue weighted by atomic mass is 35.5. The van der Waals surface area contributed by atoms with Crippen LogP contribution in [0.2, 0.25) is 5.02 Å². The van der Waals surface area contributed by atoms with Crippen molar-refractivity contribution in [3.63, 3.8) is 0 Å². The van der Waals surface area contributed by atoms with Crippen LogP contribution in [0.5, 0.6) is 11.5 Å².